The van der Waals surface area contributed by atoms with Crippen LogP contribution in [0.4, 0.5) is 9.52 Å². The molecule has 9 heteroatoms. The highest BCUT2D eigenvalue weighted by Crippen LogP contribution is 2.26. The quantitative estimate of drug-likeness (QED) is 0.390. The fourth-order valence-electron chi connectivity index (χ4n) is 3.88. The van der Waals surface area contributed by atoms with Crippen LogP contribution in [0.5, 0.6) is 0 Å². The number of piperidine rings is 1. The summed E-state index contributed by atoms with van der Waals surface area (Å²) in [5, 5.41) is 18.0. The number of hydrogen-bond donors (Lipinski definition) is 3. The Morgan fingerprint density at radius 3 is 2.66 bits per heavy atom. The Morgan fingerprint density at radius 2 is 1.91 bits per heavy atom. The van der Waals surface area contributed by atoms with E-state index in [1.165, 1.54) is 35.1 Å². The third kappa shape index (κ3) is 7.53. The van der Waals surface area contributed by atoms with Crippen LogP contribution < -0.4 is 16.0 Å². The molecular formula is C26H28FN5O2S. The van der Waals surface area contributed by atoms with Crippen LogP contribution in [-0.4, -0.2) is 40.6 Å². The molecule has 1 saturated heterocycles. The first-order valence-electron chi connectivity index (χ1n) is 11.7. The Morgan fingerprint density at radius 1 is 1.11 bits per heavy atom. The fourth-order valence-corrected chi connectivity index (χ4v) is 4.63. The summed E-state index contributed by atoms with van der Waals surface area (Å²) in [6, 6.07) is 15.5. The van der Waals surface area contributed by atoms with Crippen molar-refractivity contribution in [3.8, 4) is 10.6 Å². The van der Waals surface area contributed by atoms with Gasteiger partial charge in [0.05, 0.1) is 6.04 Å². The molecule has 2 amide bonds. The molecule has 3 aromatic rings. The predicted octanol–water partition coefficient (Wildman–Crippen LogP) is 4.10. The van der Waals surface area contributed by atoms with Gasteiger partial charge in [-0.2, -0.15) is 0 Å². The van der Waals surface area contributed by atoms with Gasteiger partial charge < -0.3 is 10.6 Å². The van der Waals surface area contributed by atoms with Gasteiger partial charge in [0, 0.05) is 17.7 Å². The van der Waals surface area contributed by atoms with Crippen molar-refractivity contribution in [2.24, 2.45) is 0 Å². The van der Waals surface area contributed by atoms with Gasteiger partial charge in [-0.15, -0.1) is 10.2 Å². The first kappa shape index (κ1) is 24.7. The number of rotatable bonds is 9. The van der Waals surface area contributed by atoms with Crippen LogP contribution in [0.1, 0.15) is 31.2 Å². The van der Waals surface area contributed by atoms with E-state index in [0.29, 0.717) is 16.6 Å². The number of hydrogen-bond acceptors (Lipinski definition) is 6. The largest absolute Gasteiger partial charge is 0.349 e. The summed E-state index contributed by atoms with van der Waals surface area (Å²) in [4.78, 5) is 25.3. The second kappa shape index (κ2) is 12.3. The van der Waals surface area contributed by atoms with Crippen molar-refractivity contribution >= 4 is 28.3 Å². The standard InChI is InChI=1S/C26H28FN5O2S/c27-20-12-10-19(11-13-20)25-31-32-26(35-25)30-23(33)16-15-21(14-9-18-6-2-1-3-7-18)29-24(34)22-8-4-5-17-28-22/h1-3,6-7,10-13,15-16,21-22,28H,4-5,8-9,14,17H2,(H,29,34)(H,30,32,33)/t21-,22-/m0/s1. The number of carbonyl (C=O) groups is 2. The van der Waals surface area contributed by atoms with Crippen LogP contribution in [0.3, 0.4) is 0 Å². The summed E-state index contributed by atoms with van der Waals surface area (Å²) in [5.41, 5.74) is 1.89. The van der Waals surface area contributed by atoms with E-state index in [1.807, 2.05) is 30.3 Å². The number of aryl methyl sites for hydroxylation is 1. The Hall–Kier alpha value is -3.43. The summed E-state index contributed by atoms with van der Waals surface area (Å²) in [6.07, 6.45) is 7.50. The Labute approximate surface area is 207 Å². The summed E-state index contributed by atoms with van der Waals surface area (Å²) in [7, 11) is 0. The topological polar surface area (TPSA) is 96.0 Å². The molecule has 0 bridgehead atoms. The molecule has 1 fully saturated rings. The average Bonchev–Trinajstić information content (AvgIpc) is 3.35. The number of carbonyl (C=O) groups excluding carboxylic acids is 2. The highest BCUT2D eigenvalue weighted by atomic mass is 32.1. The van der Waals surface area contributed by atoms with E-state index in [0.717, 1.165) is 37.8 Å². The van der Waals surface area contributed by atoms with Gasteiger partial charge >= 0.3 is 0 Å². The second-order valence-corrected chi connectivity index (χ2v) is 9.39. The van der Waals surface area contributed by atoms with Gasteiger partial charge in [0.1, 0.15) is 10.8 Å². The number of halogens is 1. The monoisotopic (exact) mass is 493 g/mol. The van der Waals surface area contributed by atoms with Gasteiger partial charge in [0.15, 0.2) is 0 Å². The predicted molar refractivity (Wildman–Crippen MR) is 135 cm³/mol. The lowest BCUT2D eigenvalue weighted by molar-refractivity contribution is -0.124. The molecule has 0 radical (unpaired) electrons. The number of nitrogens with one attached hydrogen (secondary N) is 3. The summed E-state index contributed by atoms with van der Waals surface area (Å²) in [5.74, 6) is -0.729. The highest BCUT2D eigenvalue weighted by molar-refractivity contribution is 7.18. The summed E-state index contributed by atoms with van der Waals surface area (Å²) >= 11 is 1.20. The molecule has 4 rings (SSSR count). The van der Waals surface area contributed by atoms with Crippen LogP contribution in [-0.2, 0) is 16.0 Å². The van der Waals surface area contributed by atoms with Crippen LogP contribution in [0.15, 0.2) is 66.7 Å². The lowest BCUT2D eigenvalue weighted by atomic mass is 10.0. The number of anilines is 1. The fraction of sp³-hybridized carbons (Fsp3) is 0.308. The summed E-state index contributed by atoms with van der Waals surface area (Å²) < 4.78 is 13.1. The van der Waals surface area contributed by atoms with E-state index in [4.69, 9.17) is 0 Å². The molecule has 2 heterocycles. The average molecular weight is 494 g/mol. The molecule has 35 heavy (non-hydrogen) atoms. The van der Waals surface area contributed by atoms with E-state index < -0.39 is 0 Å². The normalized spacial score (nSPS) is 16.7. The van der Waals surface area contributed by atoms with Crippen molar-refractivity contribution in [1.29, 1.82) is 0 Å². The minimum Gasteiger partial charge on any atom is -0.349 e. The third-order valence-corrected chi connectivity index (χ3v) is 6.66. The minimum atomic E-state index is -0.360. The van der Waals surface area contributed by atoms with E-state index >= 15 is 0 Å². The van der Waals surface area contributed by atoms with E-state index in [9.17, 15) is 14.0 Å². The van der Waals surface area contributed by atoms with Crippen molar-refractivity contribution in [1.82, 2.24) is 20.8 Å². The van der Waals surface area contributed by atoms with Gasteiger partial charge in [-0.05, 0) is 62.1 Å². The molecule has 0 spiro atoms. The molecule has 0 aliphatic carbocycles. The van der Waals surface area contributed by atoms with Gasteiger partial charge in [-0.1, -0.05) is 54.2 Å². The number of amides is 2. The maximum Gasteiger partial charge on any atom is 0.249 e. The van der Waals surface area contributed by atoms with Crippen molar-refractivity contribution in [3.05, 3.63) is 78.1 Å². The summed E-state index contributed by atoms with van der Waals surface area (Å²) in [6.45, 7) is 0.840. The Kier molecular flexibility index (Phi) is 8.69. The van der Waals surface area contributed by atoms with Crippen LogP contribution in [0.25, 0.3) is 10.6 Å². The Balaban J connectivity index is 1.37. The van der Waals surface area contributed by atoms with Crippen LogP contribution in [0.2, 0.25) is 0 Å². The molecule has 7 nitrogen and oxygen atoms in total. The molecule has 182 valence electrons. The molecular weight excluding hydrogens is 465 g/mol. The van der Waals surface area contributed by atoms with E-state index in [1.54, 1.807) is 18.2 Å². The maximum atomic E-state index is 13.1. The van der Waals surface area contributed by atoms with Crippen LogP contribution >= 0.6 is 11.3 Å². The van der Waals surface area contributed by atoms with E-state index in [-0.39, 0.29) is 29.7 Å². The smallest absolute Gasteiger partial charge is 0.249 e. The molecule has 2 aromatic carbocycles. The molecule has 3 N–H and O–H groups in total. The zero-order valence-electron chi connectivity index (χ0n) is 19.2. The number of aromatic nitrogens is 2. The second-order valence-electron chi connectivity index (χ2n) is 8.41. The van der Waals surface area contributed by atoms with Crippen LogP contribution in [0, 0.1) is 5.82 Å². The first-order chi connectivity index (χ1) is 17.1. The molecule has 1 aliphatic heterocycles. The van der Waals surface area contributed by atoms with Crippen molar-refractivity contribution in [2.45, 2.75) is 44.2 Å². The van der Waals surface area contributed by atoms with Crippen molar-refractivity contribution in [2.75, 3.05) is 11.9 Å². The van der Waals surface area contributed by atoms with Gasteiger partial charge in [0.25, 0.3) is 0 Å². The van der Waals surface area contributed by atoms with Gasteiger partial charge in [-0.25, -0.2) is 4.39 Å². The zero-order valence-corrected chi connectivity index (χ0v) is 20.1. The zero-order chi connectivity index (χ0) is 24.5. The molecule has 2 atom stereocenters. The molecule has 0 saturated carbocycles. The maximum absolute atomic E-state index is 13.1. The lowest BCUT2D eigenvalue weighted by Crippen LogP contribution is -2.49. The van der Waals surface area contributed by atoms with Gasteiger partial charge in [-0.3, -0.25) is 14.9 Å². The SMILES string of the molecule is O=C(C=C[C@H](CCc1ccccc1)NC(=O)[C@@H]1CCCCN1)Nc1nnc(-c2ccc(F)cc2)s1. The Bertz CT molecular complexity index is 1140. The molecule has 1 aromatic heterocycles. The molecule has 1 aliphatic rings. The van der Waals surface area contributed by atoms with Crippen molar-refractivity contribution < 1.29 is 14.0 Å². The minimum absolute atomic E-state index is 0.0408. The number of nitrogens with zero attached hydrogens (tertiary/aromatic N) is 2. The van der Waals surface area contributed by atoms with Gasteiger partial charge in [0.2, 0.25) is 16.9 Å². The van der Waals surface area contributed by atoms with E-state index in [2.05, 4.69) is 26.1 Å². The number of benzene rings is 2. The first-order valence-corrected chi connectivity index (χ1v) is 12.5. The lowest BCUT2D eigenvalue weighted by Gasteiger charge is -2.25. The highest BCUT2D eigenvalue weighted by Gasteiger charge is 2.22. The molecule has 0 unspecified atom stereocenters. The third-order valence-electron chi connectivity index (χ3n) is 5.77. The van der Waals surface area contributed by atoms with Crippen molar-refractivity contribution in [3.63, 3.8) is 0 Å².